The van der Waals surface area contributed by atoms with E-state index in [0.29, 0.717) is 10.9 Å². The summed E-state index contributed by atoms with van der Waals surface area (Å²) < 4.78 is 1.15. The lowest BCUT2D eigenvalue weighted by Gasteiger charge is -2.31. The second-order valence-corrected chi connectivity index (χ2v) is 5.97. The minimum atomic E-state index is 0.448. The van der Waals surface area contributed by atoms with Gasteiger partial charge in [0.2, 0.25) is 0 Å². The molecule has 0 aliphatic carbocycles. The zero-order valence-electron chi connectivity index (χ0n) is 9.73. The molecule has 2 N–H and O–H groups in total. The number of likely N-dealkylation sites (tertiary alicyclic amines) is 1. The van der Waals surface area contributed by atoms with E-state index in [4.69, 9.17) is 18.0 Å². The highest BCUT2D eigenvalue weighted by Crippen LogP contribution is 2.20. The summed E-state index contributed by atoms with van der Waals surface area (Å²) in [5.74, 6) is 0.448. The molecule has 0 aromatic heterocycles. The van der Waals surface area contributed by atoms with Crippen LogP contribution in [0.3, 0.4) is 0 Å². The Labute approximate surface area is 116 Å². The smallest absolute Gasteiger partial charge is 0.0759 e. The molecular formula is C13H17BrN2S. The molecule has 1 aromatic rings. The van der Waals surface area contributed by atoms with Crippen LogP contribution in [0.2, 0.25) is 0 Å². The van der Waals surface area contributed by atoms with Gasteiger partial charge in [0.1, 0.15) is 0 Å². The Morgan fingerprint density at radius 2 is 2.12 bits per heavy atom. The van der Waals surface area contributed by atoms with E-state index in [0.717, 1.165) is 36.9 Å². The van der Waals surface area contributed by atoms with Crippen molar-refractivity contribution in [2.24, 2.45) is 11.7 Å². The van der Waals surface area contributed by atoms with Gasteiger partial charge in [-0.15, -0.1) is 0 Å². The summed E-state index contributed by atoms with van der Waals surface area (Å²) in [7, 11) is 0. The highest BCUT2D eigenvalue weighted by atomic mass is 79.9. The van der Waals surface area contributed by atoms with Gasteiger partial charge < -0.3 is 5.73 Å². The molecular weight excluding hydrogens is 296 g/mol. The fourth-order valence-electron chi connectivity index (χ4n) is 2.27. The van der Waals surface area contributed by atoms with Gasteiger partial charge in [-0.25, -0.2) is 0 Å². The lowest BCUT2D eigenvalue weighted by Crippen LogP contribution is -2.37. The number of hydrogen-bond donors (Lipinski definition) is 1. The molecule has 1 fully saturated rings. The van der Waals surface area contributed by atoms with Gasteiger partial charge in [-0.05, 0) is 43.6 Å². The average molecular weight is 313 g/mol. The summed E-state index contributed by atoms with van der Waals surface area (Å²) in [6.45, 7) is 3.20. The second kappa shape index (κ2) is 5.94. The minimum absolute atomic E-state index is 0.448. The van der Waals surface area contributed by atoms with E-state index in [1.807, 2.05) is 0 Å². The van der Waals surface area contributed by atoms with Gasteiger partial charge in [0.25, 0.3) is 0 Å². The summed E-state index contributed by atoms with van der Waals surface area (Å²) in [4.78, 5) is 3.16. The molecule has 1 aliphatic rings. The Hall–Kier alpha value is -0.450. The van der Waals surface area contributed by atoms with Crippen LogP contribution in [-0.4, -0.2) is 23.0 Å². The van der Waals surface area contributed by atoms with Crippen molar-refractivity contribution in [3.8, 4) is 0 Å². The molecule has 0 bridgehead atoms. The van der Waals surface area contributed by atoms with Crippen LogP contribution in [0, 0.1) is 5.92 Å². The largest absolute Gasteiger partial charge is 0.393 e. The van der Waals surface area contributed by atoms with Crippen molar-refractivity contribution in [1.29, 1.82) is 0 Å². The van der Waals surface area contributed by atoms with Gasteiger partial charge in [0.15, 0.2) is 0 Å². The lowest BCUT2D eigenvalue weighted by molar-refractivity contribution is 0.202. The van der Waals surface area contributed by atoms with E-state index in [1.54, 1.807) is 0 Å². The summed E-state index contributed by atoms with van der Waals surface area (Å²) in [5.41, 5.74) is 7.05. The van der Waals surface area contributed by atoms with E-state index in [2.05, 4.69) is 45.1 Å². The third kappa shape index (κ3) is 3.76. The highest BCUT2D eigenvalue weighted by Gasteiger charge is 2.20. The summed E-state index contributed by atoms with van der Waals surface area (Å²) >= 11 is 8.56. The van der Waals surface area contributed by atoms with Gasteiger partial charge >= 0.3 is 0 Å². The first-order chi connectivity index (χ1) is 8.15. The molecule has 1 aliphatic heterocycles. The molecule has 2 rings (SSSR count). The van der Waals surface area contributed by atoms with Crippen LogP contribution < -0.4 is 5.73 Å². The predicted octanol–water partition coefficient (Wildman–Crippen LogP) is 2.95. The van der Waals surface area contributed by atoms with Crippen molar-refractivity contribution in [2.75, 3.05) is 13.1 Å². The number of rotatable bonds is 3. The number of halogens is 1. The SMILES string of the molecule is NC(=S)C1CCN(Cc2cccc(Br)c2)CC1. The van der Waals surface area contributed by atoms with Crippen LogP contribution in [-0.2, 0) is 6.54 Å². The number of nitrogens with zero attached hydrogens (tertiary/aromatic N) is 1. The van der Waals surface area contributed by atoms with Crippen molar-refractivity contribution < 1.29 is 0 Å². The highest BCUT2D eigenvalue weighted by molar-refractivity contribution is 9.10. The van der Waals surface area contributed by atoms with Crippen LogP contribution in [0.25, 0.3) is 0 Å². The zero-order valence-corrected chi connectivity index (χ0v) is 12.1. The number of nitrogens with two attached hydrogens (primary N) is 1. The van der Waals surface area contributed by atoms with Gasteiger partial charge in [0.05, 0.1) is 4.99 Å². The third-order valence-corrected chi connectivity index (χ3v) is 4.11. The van der Waals surface area contributed by atoms with Crippen molar-refractivity contribution in [3.05, 3.63) is 34.3 Å². The first-order valence-electron chi connectivity index (χ1n) is 5.91. The van der Waals surface area contributed by atoms with Gasteiger partial charge in [-0.3, -0.25) is 4.90 Å². The number of hydrogen-bond acceptors (Lipinski definition) is 2. The molecule has 0 atom stereocenters. The van der Waals surface area contributed by atoms with Crippen molar-refractivity contribution in [2.45, 2.75) is 19.4 Å². The molecule has 2 nitrogen and oxygen atoms in total. The van der Waals surface area contributed by atoms with Crippen LogP contribution in [0.5, 0.6) is 0 Å². The maximum absolute atomic E-state index is 5.69. The van der Waals surface area contributed by atoms with Crippen molar-refractivity contribution >= 4 is 33.1 Å². The third-order valence-electron chi connectivity index (χ3n) is 3.29. The molecule has 0 radical (unpaired) electrons. The average Bonchev–Trinajstić information content (AvgIpc) is 2.29. The molecule has 0 unspecified atom stereocenters. The Morgan fingerprint density at radius 1 is 1.41 bits per heavy atom. The van der Waals surface area contributed by atoms with E-state index >= 15 is 0 Å². The molecule has 4 heteroatoms. The Bertz CT molecular complexity index is 400. The Kier molecular flexibility index (Phi) is 4.54. The molecule has 0 amide bonds. The quantitative estimate of drug-likeness (QED) is 0.870. The first kappa shape index (κ1) is 13.0. The van der Waals surface area contributed by atoms with E-state index in [-0.39, 0.29) is 0 Å². The summed E-state index contributed by atoms with van der Waals surface area (Å²) in [6, 6.07) is 8.49. The number of piperidine rings is 1. The van der Waals surface area contributed by atoms with E-state index < -0.39 is 0 Å². The maximum Gasteiger partial charge on any atom is 0.0759 e. The molecule has 92 valence electrons. The van der Waals surface area contributed by atoms with E-state index in [1.165, 1.54) is 5.56 Å². The molecule has 1 saturated heterocycles. The first-order valence-corrected chi connectivity index (χ1v) is 7.11. The molecule has 1 heterocycles. The van der Waals surface area contributed by atoms with Gasteiger partial charge in [-0.2, -0.15) is 0 Å². The maximum atomic E-state index is 5.69. The van der Waals surface area contributed by atoms with Gasteiger partial charge in [-0.1, -0.05) is 40.3 Å². The molecule has 0 spiro atoms. The van der Waals surface area contributed by atoms with Crippen LogP contribution in [0.15, 0.2) is 28.7 Å². The van der Waals surface area contributed by atoms with Crippen molar-refractivity contribution in [1.82, 2.24) is 4.90 Å². The molecule has 1 aromatic carbocycles. The topological polar surface area (TPSA) is 29.3 Å². The van der Waals surface area contributed by atoms with E-state index in [9.17, 15) is 0 Å². The fraction of sp³-hybridized carbons (Fsp3) is 0.462. The number of thiocarbonyl (C=S) groups is 1. The molecule has 0 saturated carbocycles. The Morgan fingerprint density at radius 3 is 2.71 bits per heavy atom. The van der Waals surface area contributed by atoms with Crippen LogP contribution >= 0.6 is 28.1 Å². The minimum Gasteiger partial charge on any atom is -0.393 e. The zero-order chi connectivity index (χ0) is 12.3. The second-order valence-electron chi connectivity index (χ2n) is 4.58. The normalized spacial score (nSPS) is 18.2. The van der Waals surface area contributed by atoms with Crippen molar-refractivity contribution in [3.63, 3.8) is 0 Å². The number of benzene rings is 1. The van der Waals surface area contributed by atoms with Crippen LogP contribution in [0.4, 0.5) is 0 Å². The summed E-state index contributed by atoms with van der Waals surface area (Å²) in [5, 5.41) is 0. The summed E-state index contributed by atoms with van der Waals surface area (Å²) in [6.07, 6.45) is 2.20. The molecule has 17 heavy (non-hydrogen) atoms. The lowest BCUT2D eigenvalue weighted by atomic mass is 9.96. The van der Waals surface area contributed by atoms with Gasteiger partial charge in [0, 0.05) is 16.9 Å². The monoisotopic (exact) mass is 312 g/mol. The predicted molar refractivity (Wildman–Crippen MR) is 78.9 cm³/mol. The van der Waals surface area contributed by atoms with Crippen LogP contribution in [0.1, 0.15) is 18.4 Å². The Balaban J connectivity index is 1.88. The standard InChI is InChI=1S/C13H17BrN2S/c14-12-3-1-2-10(8-12)9-16-6-4-11(5-7-16)13(15)17/h1-3,8,11H,4-7,9H2,(H2,15,17). The fourth-order valence-corrected chi connectivity index (χ4v) is 2.95.